The monoisotopic (exact) mass is 198 g/mol. The second-order valence-corrected chi connectivity index (χ2v) is 5.23. The smallest absolute Gasteiger partial charge is 0.156 e. The number of aliphatic imine (C=N–C) groups is 1. The van der Waals surface area contributed by atoms with Gasteiger partial charge in [0.25, 0.3) is 0 Å². The lowest BCUT2D eigenvalue weighted by molar-refractivity contribution is 0.661. The highest BCUT2D eigenvalue weighted by atomic mass is 32.2. The second kappa shape index (κ2) is 4.36. The van der Waals surface area contributed by atoms with E-state index in [-0.39, 0.29) is 0 Å². The Morgan fingerprint density at radius 2 is 2.38 bits per heavy atom. The van der Waals surface area contributed by atoms with E-state index in [0.717, 1.165) is 24.9 Å². The van der Waals surface area contributed by atoms with Gasteiger partial charge in [-0.1, -0.05) is 31.5 Å². The van der Waals surface area contributed by atoms with Gasteiger partial charge in [0.2, 0.25) is 0 Å². The first kappa shape index (κ1) is 9.38. The summed E-state index contributed by atoms with van der Waals surface area (Å²) in [4.78, 5) is 4.50. The molecule has 13 heavy (non-hydrogen) atoms. The van der Waals surface area contributed by atoms with E-state index in [1.165, 1.54) is 30.2 Å². The van der Waals surface area contributed by atoms with Crippen LogP contribution in [0.4, 0.5) is 0 Å². The average molecular weight is 198 g/mol. The zero-order chi connectivity index (χ0) is 9.10. The van der Waals surface area contributed by atoms with Crippen molar-refractivity contribution in [2.24, 2.45) is 16.8 Å². The van der Waals surface area contributed by atoms with Gasteiger partial charge in [0.1, 0.15) is 0 Å². The normalized spacial score (nSPS) is 28.4. The van der Waals surface area contributed by atoms with Gasteiger partial charge in [0.15, 0.2) is 5.17 Å². The van der Waals surface area contributed by atoms with Gasteiger partial charge < -0.3 is 5.32 Å². The second-order valence-electron chi connectivity index (χ2n) is 4.22. The predicted molar refractivity (Wildman–Crippen MR) is 59.3 cm³/mol. The molecule has 1 aliphatic carbocycles. The van der Waals surface area contributed by atoms with E-state index in [0.29, 0.717) is 0 Å². The van der Waals surface area contributed by atoms with Gasteiger partial charge in [0.05, 0.1) is 0 Å². The third-order valence-electron chi connectivity index (χ3n) is 2.58. The summed E-state index contributed by atoms with van der Waals surface area (Å²) >= 11 is 1.88. The van der Waals surface area contributed by atoms with E-state index in [9.17, 15) is 0 Å². The molecule has 0 aromatic heterocycles. The van der Waals surface area contributed by atoms with Crippen LogP contribution in [0.15, 0.2) is 4.99 Å². The molecule has 1 fully saturated rings. The van der Waals surface area contributed by atoms with Crippen molar-refractivity contribution >= 4 is 16.9 Å². The quantitative estimate of drug-likeness (QED) is 0.751. The average Bonchev–Trinajstić information content (AvgIpc) is 2.92. The summed E-state index contributed by atoms with van der Waals surface area (Å²) in [5.74, 6) is 3.02. The van der Waals surface area contributed by atoms with Crippen LogP contribution in [0.1, 0.15) is 26.2 Å². The summed E-state index contributed by atoms with van der Waals surface area (Å²) in [5.41, 5.74) is 0. The zero-order valence-corrected chi connectivity index (χ0v) is 9.07. The molecule has 2 aliphatic rings. The van der Waals surface area contributed by atoms with Gasteiger partial charge in [-0.2, -0.15) is 0 Å². The minimum absolute atomic E-state index is 0.763. The molecule has 0 aromatic rings. The molecule has 1 aliphatic heterocycles. The van der Waals surface area contributed by atoms with Crippen molar-refractivity contribution in [1.29, 1.82) is 0 Å². The Morgan fingerprint density at radius 3 is 3.00 bits per heavy atom. The molecule has 1 unspecified atom stereocenters. The van der Waals surface area contributed by atoms with Crippen molar-refractivity contribution in [2.45, 2.75) is 26.2 Å². The SMILES string of the molecule is CC1CN=C(NCCC2CC2)SC1. The van der Waals surface area contributed by atoms with Crippen LogP contribution in [0.2, 0.25) is 0 Å². The molecule has 0 aromatic carbocycles. The van der Waals surface area contributed by atoms with Crippen LogP contribution in [0.3, 0.4) is 0 Å². The van der Waals surface area contributed by atoms with Crippen LogP contribution in [-0.4, -0.2) is 24.0 Å². The van der Waals surface area contributed by atoms with Gasteiger partial charge >= 0.3 is 0 Å². The molecule has 2 rings (SSSR count). The molecule has 2 nitrogen and oxygen atoms in total. The lowest BCUT2D eigenvalue weighted by atomic mass is 10.2. The molecule has 3 heteroatoms. The first-order valence-corrected chi connectivity index (χ1v) is 6.24. The molecular formula is C10H18N2S. The number of amidine groups is 1. The fourth-order valence-corrected chi connectivity index (χ4v) is 2.37. The third-order valence-corrected chi connectivity index (χ3v) is 3.86. The first-order valence-electron chi connectivity index (χ1n) is 5.25. The molecular weight excluding hydrogens is 180 g/mol. The lowest BCUT2D eigenvalue weighted by Gasteiger charge is -2.17. The number of hydrogen-bond acceptors (Lipinski definition) is 3. The topological polar surface area (TPSA) is 24.4 Å². The molecule has 0 radical (unpaired) electrons. The van der Waals surface area contributed by atoms with Gasteiger partial charge in [-0.25, -0.2) is 0 Å². The Hall–Kier alpha value is -0.180. The molecule has 1 saturated carbocycles. The molecule has 1 atom stereocenters. The Bertz CT molecular complexity index is 199. The van der Waals surface area contributed by atoms with Crippen molar-refractivity contribution in [2.75, 3.05) is 18.8 Å². The van der Waals surface area contributed by atoms with Crippen LogP contribution in [0.25, 0.3) is 0 Å². The third kappa shape index (κ3) is 3.22. The molecule has 1 heterocycles. The highest BCUT2D eigenvalue weighted by Crippen LogP contribution is 2.31. The number of hydrogen-bond donors (Lipinski definition) is 1. The largest absolute Gasteiger partial charge is 0.365 e. The predicted octanol–water partition coefficient (Wildman–Crippen LogP) is 2.12. The van der Waals surface area contributed by atoms with Crippen LogP contribution in [-0.2, 0) is 0 Å². The van der Waals surface area contributed by atoms with Crippen molar-refractivity contribution < 1.29 is 0 Å². The fraction of sp³-hybridized carbons (Fsp3) is 0.900. The number of nitrogens with zero attached hydrogens (tertiary/aromatic N) is 1. The van der Waals surface area contributed by atoms with E-state index in [1.54, 1.807) is 0 Å². The van der Waals surface area contributed by atoms with Crippen LogP contribution < -0.4 is 5.32 Å². The van der Waals surface area contributed by atoms with E-state index in [4.69, 9.17) is 0 Å². The summed E-state index contributed by atoms with van der Waals surface area (Å²) in [6, 6.07) is 0. The standard InChI is InChI=1S/C10H18N2S/c1-8-6-12-10(13-7-8)11-5-4-9-2-3-9/h8-9H,2-7H2,1H3,(H,11,12). The Morgan fingerprint density at radius 1 is 1.54 bits per heavy atom. The van der Waals surface area contributed by atoms with Crippen molar-refractivity contribution in [3.63, 3.8) is 0 Å². The number of nitrogens with one attached hydrogen (secondary N) is 1. The maximum Gasteiger partial charge on any atom is 0.156 e. The van der Waals surface area contributed by atoms with Crippen molar-refractivity contribution in [1.82, 2.24) is 5.32 Å². The van der Waals surface area contributed by atoms with E-state index >= 15 is 0 Å². The molecule has 1 N–H and O–H groups in total. The number of rotatable bonds is 3. The maximum atomic E-state index is 4.50. The highest BCUT2D eigenvalue weighted by molar-refractivity contribution is 8.13. The minimum Gasteiger partial charge on any atom is -0.365 e. The van der Waals surface area contributed by atoms with E-state index in [2.05, 4.69) is 17.2 Å². The van der Waals surface area contributed by atoms with Crippen LogP contribution in [0.5, 0.6) is 0 Å². The number of thioether (sulfide) groups is 1. The van der Waals surface area contributed by atoms with Crippen molar-refractivity contribution in [3.05, 3.63) is 0 Å². The van der Waals surface area contributed by atoms with Gasteiger partial charge in [-0.05, 0) is 18.3 Å². The summed E-state index contributed by atoms with van der Waals surface area (Å²) < 4.78 is 0. The summed E-state index contributed by atoms with van der Waals surface area (Å²) in [7, 11) is 0. The van der Waals surface area contributed by atoms with Gasteiger partial charge in [-0.3, -0.25) is 4.99 Å². The summed E-state index contributed by atoms with van der Waals surface area (Å²) in [6.45, 7) is 4.40. The Labute approximate surface area is 84.6 Å². The Balaban J connectivity index is 1.62. The van der Waals surface area contributed by atoms with Gasteiger partial charge in [0, 0.05) is 18.8 Å². The van der Waals surface area contributed by atoms with Gasteiger partial charge in [-0.15, -0.1) is 0 Å². The minimum atomic E-state index is 0.763. The maximum absolute atomic E-state index is 4.50. The van der Waals surface area contributed by atoms with Crippen molar-refractivity contribution in [3.8, 4) is 0 Å². The van der Waals surface area contributed by atoms with Crippen LogP contribution >= 0.6 is 11.8 Å². The lowest BCUT2D eigenvalue weighted by Crippen LogP contribution is -2.27. The first-order chi connectivity index (χ1) is 6.34. The fourth-order valence-electron chi connectivity index (χ4n) is 1.45. The van der Waals surface area contributed by atoms with Crippen LogP contribution in [0, 0.1) is 11.8 Å². The molecule has 0 spiro atoms. The summed E-state index contributed by atoms with van der Waals surface area (Å²) in [5, 5.41) is 4.61. The summed E-state index contributed by atoms with van der Waals surface area (Å²) in [6.07, 6.45) is 4.26. The molecule has 0 bridgehead atoms. The Kier molecular flexibility index (Phi) is 3.14. The zero-order valence-electron chi connectivity index (χ0n) is 8.25. The molecule has 0 amide bonds. The molecule has 0 saturated heterocycles. The van der Waals surface area contributed by atoms with E-state index in [1.807, 2.05) is 11.8 Å². The van der Waals surface area contributed by atoms with E-state index < -0.39 is 0 Å². The highest BCUT2D eigenvalue weighted by Gasteiger charge is 2.20. The molecule has 74 valence electrons.